The van der Waals surface area contributed by atoms with E-state index in [9.17, 15) is 0 Å². The Hall–Kier alpha value is -0.410. The Morgan fingerprint density at radius 1 is 1.46 bits per heavy atom. The van der Waals surface area contributed by atoms with Crippen LogP contribution in [-0.2, 0) is 0 Å². The maximum atomic E-state index is 3.58. The van der Waals surface area contributed by atoms with Gasteiger partial charge in [0.05, 0.1) is 5.88 Å². The van der Waals surface area contributed by atoms with E-state index in [2.05, 4.69) is 22.8 Å². The number of hydrogen-bond acceptors (Lipinski definition) is 3. The predicted octanol–water partition coefficient (Wildman–Crippen LogP) is 1.22. The minimum absolute atomic E-state index is 0.634. The summed E-state index contributed by atoms with van der Waals surface area (Å²) in [5.41, 5.74) is 2.96. The summed E-state index contributed by atoms with van der Waals surface area (Å²) in [5.74, 6) is 1.09. The standard InChI is InChI=1S/C10H14N2S/c1-2-7-4-9-10(13-6-12-9)5-8(7)11-3-1/h2,4,8,10-12H,1,3,5-6H2. The normalized spacial score (nSPS) is 36.9. The maximum Gasteiger partial charge on any atom is 0.0615 e. The molecule has 3 aliphatic rings. The highest BCUT2D eigenvalue weighted by Gasteiger charge is 2.31. The highest BCUT2D eigenvalue weighted by atomic mass is 32.2. The molecule has 1 fully saturated rings. The van der Waals surface area contributed by atoms with Crippen LogP contribution in [0.15, 0.2) is 23.4 Å². The molecule has 1 saturated heterocycles. The summed E-state index contributed by atoms with van der Waals surface area (Å²) in [5, 5.41) is 7.76. The first-order chi connectivity index (χ1) is 6.43. The lowest BCUT2D eigenvalue weighted by Crippen LogP contribution is -2.39. The van der Waals surface area contributed by atoms with Crippen molar-refractivity contribution in [1.29, 1.82) is 0 Å². The third-order valence-corrected chi connectivity index (χ3v) is 4.16. The molecule has 2 unspecified atom stereocenters. The third kappa shape index (κ3) is 1.30. The van der Waals surface area contributed by atoms with Gasteiger partial charge in [0.2, 0.25) is 0 Å². The molecule has 3 rings (SSSR count). The van der Waals surface area contributed by atoms with Crippen LogP contribution in [0.2, 0.25) is 0 Å². The zero-order valence-electron chi connectivity index (χ0n) is 7.55. The van der Waals surface area contributed by atoms with Gasteiger partial charge in [0, 0.05) is 17.0 Å². The lowest BCUT2D eigenvalue weighted by Gasteiger charge is -2.30. The Morgan fingerprint density at radius 2 is 2.46 bits per heavy atom. The Labute approximate surface area is 82.8 Å². The molecule has 0 spiro atoms. The van der Waals surface area contributed by atoms with Gasteiger partial charge in [-0.15, -0.1) is 11.8 Å². The van der Waals surface area contributed by atoms with E-state index >= 15 is 0 Å². The Bertz CT molecular complexity index is 283. The molecule has 13 heavy (non-hydrogen) atoms. The average molecular weight is 194 g/mol. The lowest BCUT2D eigenvalue weighted by molar-refractivity contribution is 0.515. The molecule has 0 bridgehead atoms. The second-order valence-electron chi connectivity index (χ2n) is 3.81. The summed E-state index contributed by atoms with van der Waals surface area (Å²) in [6, 6.07) is 0.634. The summed E-state index contributed by atoms with van der Waals surface area (Å²) in [4.78, 5) is 0. The Balaban J connectivity index is 1.94. The summed E-state index contributed by atoms with van der Waals surface area (Å²) in [6.07, 6.45) is 7.20. The van der Waals surface area contributed by atoms with Gasteiger partial charge in [-0.1, -0.05) is 6.08 Å². The quantitative estimate of drug-likeness (QED) is 0.606. The Morgan fingerprint density at radius 3 is 3.46 bits per heavy atom. The van der Waals surface area contributed by atoms with Gasteiger partial charge in [-0.05, 0) is 31.0 Å². The first kappa shape index (κ1) is 7.94. The van der Waals surface area contributed by atoms with Crippen LogP contribution in [0.1, 0.15) is 12.8 Å². The zero-order valence-corrected chi connectivity index (χ0v) is 8.36. The van der Waals surface area contributed by atoms with Crippen LogP contribution < -0.4 is 10.6 Å². The first-order valence-electron chi connectivity index (χ1n) is 4.94. The van der Waals surface area contributed by atoms with E-state index in [0.717, 1.165) is 17.7 Å². The topological polar surface area (TPSA) is 24.1 Å². The van der Waals surface area contributed by atoms with Crippen LogP contribution in [0.3, 0.4) is 0 Å². The van der Waals surface area contributed by atoms with Gasteiger partial charge in [0.15, 0.2) is 0 Å². The Kier molecular flexibility index (Phi) is 1.87. The molecule has 3 heteroatoms. The van der Waals surface area contributed by atoms with Gasteiger partial charge in [-0.2, -0.15) is 0 Å². The zero-order chi connectivity index (χ0) is 8.67. The van der Waals surface area contributed by atoms with Crippen molar-refractivity contribution in [2.24, 2.45) is 0 Å². The number of nitrogens with one attached hydrogen (secondary N) is 2. The number of fused-ring (bicyclic) bond motifs is 2. The van der Waals surface area contributed by atoms with Crippen molar-refractivity contribution in [1.82, 2.24) is 10.6 Å². The van der Waals surface area contributed by atoms with Crippen molar-refractivity contribution < 1.29 is 0 Å². The van der Waals surface area contributed by atoms with Gasteiger partial charge in [0.25, 0.3) is 0 Å². The van der Waals surface area contributed by atoms with Crippen molar-refractivity contribution >= 4 is 11.8 Å². The van der Waals surface area contributed by atoms with Gasteiger partial charge in [0.1, 0.15) is 0 Å². The van der Waals surface area contributed by atoms with Crippen molar-refractivity contribution in [3.63, 3.8) is 0 Å². The van der Waals surface area contributed by atoms with E-state index in [1.807, 2.05) is 11.8 Å². The maximum absolute atomic E-state index is 3.58. The monoisotopic (exact) mass is 194 g/mol. The molecular formula is C10H14N2S. The number of rotatable bonds is 0. The summed E-state index contributed by atoms with van der Waals surface area (Å²) >= 11 is 2.04. The van der Waals surface area contributed by atoms with E-state index < -0.39 is 0 Å². The second kappa shape index (κ2) is 3.07. The molecule has 2 N–H and O–H groups in total. The molecule has 0 aromatic rings. The minimum atomic E-state index is 0.634. The SMILES string of the molecule is C1=C2C=C3NCSC3CC2NCC1. The molecule has 0 amide bonds. The molecule has 2 nitrogen and oxygen atoms in total. The molecule has 2 heterocycles. The fraction of sp³-hybridized carbons (Fsp3) is 0.600. The van der Waals surface area contributed by atoms with E-state index in [4.69, 9.17) is 0 Å². The summed E-state index contributed by atoms with van der Waals surface area (Å²) < 4.78 is 0. The molecule has 0 aromatic carbocycles. The van der Waals surface area contributed by atoms with Crippen LogP contribution in [0.5, 0.6) is 0 Å². The average Bonchev–Trinajstić information content (AvgIpc) is 2.61. The van der Waals surface area contributed by atoms with Crippen molar-refractivity contribution in [3.05, 3.63) is 23.4 Å². The lowest BCUT2D eigenvalue weighted by atomic mass is 9.90. The smallest absolute Gasteiger partial charge is 0.0615 e. The van der Waals surface area contributed by atoms with Crippen LogP contribution >= 0.6 is 11.8 Å². The van der Waals surface area contributed by atoms with Crippen LogP contribution in [-0.4, -0.2) is 23.7 Å². The second-order valence-corrected chi connectivity index (χ2v) is 5.00. The van der Waals surface area contributed by atoms with E-state index in [-0.39, 0.29) is 0 Å². The van der Waals surface area contributed by atoms with Crippen LogP contribution in [0.4, 0.5) is 0 Å². The highest BCUT2D eigenvalue weighted by Crippen LogP contribution is 2.35. The summed E-state index contributed by atoms with van der Waals surface area (Å²) in [7, 11) is 0. The molecule has 0 aromatic heterocycles. The number of hydrogen-bond donors (Lipinski definition) is 2. The third-order valence-electron chi connectivity index (χ3n) is 3.00. The molecule has 0 radical (unpaired) electrons. The highest BCUT2D eigenvalue weighted by molar-refractivity contribution is 8.00. The van der Waals surface area contributed by atoms with E-state index in [1.54, 1.807) is 0 Å². The minimum Gasteiger partial charge on any atom is -0.378 e. The first-order valence-corrected chi connectivity index (χ1v) is 5.99. The van der Waals surface area contributed by atoms with Gasteiger partial charge in [-0.3, -0.25) is 0 Å². The van der Waals surface area contributed by atoms with Crippen molar-refractivity contribution in [2.75, 3.05) is 12.4 Å². The van der Waals surface area contributed by atoms with Crippen LogP contribution in [0, 0.1) is 0 Å². The molecule has 0 saturated carbocycles. The van der Waals surface area contributed by atoms with Gasteiger partial charge in [-0.25, -0.2) is 0 Å². The largest absolute Gasteiger partial charge is 0.378 e. The van der Waals surface area contributed by atoms with Crippen molar-refractivity contribution in [2.45, 2.75) is 24.1 Å². The fourth-order valence-electron chi connectivity index (χ4n) is 2.30. The van der Waals surface area contributed by atoms with Crippen molar-refractivity contribution in [3.8, 4) is 0 Å². The molecule has 2 aliphatic heterocycles. The van der Waals surface area contributed by atoms with E-state index in [1.165, 1.54) is 24.1 Å². The number of thioether (sulfide) groups is 1. The van der Waals surface area contributed by atoms with Gasteiger partial charge >= 0.3 is 0 Å². The summed E-state index contributed by atoms with van der Waals surface area (Å²) in [6.45, 7) is 1.15. The predicted molar refractivity (Wildman–Crippen MR) is 56.6 cm³/mol. The fourth-order valence-corrected chi connectivity index (χ4v) is 3.41. The molecular weight excluding hydrogens is 180 g/mol. The molecule has 2 atom stereocenters. The molecule has 70 valence electrons. The van der Waals surface area contributed by atoms with E-state index in [0.29, 0.717) is 6.04 Å². The van der Waals surface area contributed by atoms with Gasteiger partial charge < -0.3 is 10.6 Å². The molecule has 1 aliphatic carbocycles. The van der Waals surface area contributed by atoms with Crippen LogP contribution in [0.25, 0.3) is 0 Å².